The van der Waals surface area contributed by atoms with Gasteiger partial charge < -0.3 is 10.1 Å². The molecule has 1 unspecified atom stereocenters. The predicted octanol–water partition coefficient (Wildman–Crippen LogP) is 4.32. The lowest BCUT2D eigenvalue weighted by Gasteiger charge is -2.19. The zero-order valence-corrected chi connectivity index (χ0v) is 12.0. The van der Waals surface area contributed by atoms with Crippen LogP contribution in [-0.2, 0) is 0 Å². The molecule has 0 saturated heterocycles. The molecule has 0 aliphatic carbocycles. The fourth-order valence-electron chi connectivity index (χ4n) is 2.36. The minimum Gasteiger partial charge on any atom is -0.496 e. The molecule has 0 bridgehead atoms. The summed E-state index contributed by atoms with van der Waals surface area (Å²) in [5, 5.41) is 3.40. The van der Waals surface area contributed by atoms with E-state index in [0.29, 0.717) is 6.04 Å². The van der Waals surface area contributed by atoms with E-state index in [1.54, 1.807) is 7.11 Å². The standard InChI is InChI=1S/C16H27NO/c1-4-5-6-7-8-12-15(17-2)14-11-9-10-13-16(14)18-3/h9-11,13,15,17H,4-8,12H2,1-3H3. The van der Waals surface area contributed by atoms with Crippen LogP contribution in [0.15, 0.2) is 24.3 Å². The van der Waals surface area contributed by atoms with Crippen LogP contribution in [0.25, 0.3) is 0 Å². The highest BCUT2D eigenvalue weighted by atomic mass is 16.5. The summed E-state index contributed by atoms with van der Waals surface area (Å²) >= 11 is 0. The Kier molecular flexibility index (Phi) is 7.51. The van der Waals surface area contributed by atoms with E-state index in [2.05, 4.69) is 24.4 Å². The maximum absolute atomic E-state index is 5.43. The summed E-state index contributed by atoms with van der Waals surface area (Å²) in [5.74, 6) is 0.991. The van der Waals surface area contributed by atoms with Crippen LogP contribution in [0, 0.1) is 0 Å². The number of ether oxygens (including phenoxy) is 1. The van der Waals surface area contributed by atoms with Crippen molar-refractivity contribution in [3.63, 3.8) is 0 Å². The summed E-state index contributed by atoms with van der Waals surface area (Å²) in [4.78, 5) is 0. The Morgan fingerprint density at radius 3 is 2.50 bits per heavy atom. The molecule has 2 heteroatoms. The minimum atomic E-state index is 0.405. The van der Waals surface area contributed by atoms with Gasteiger partial charge in [0.05, 0.1) is 7.11 Å². The van der Waals surface area contributed by atoms with Gasteiger partial charge in [0.1, 0.15) is 5.75 Å². The molecular weight excluding hydrogens is 222 g/mol. The Bertz CT molecular complexity index is 325. The van der Waals surface area contributed by atoms with Crippen molar-refractivity contribution in [3.05, 3.63) is 29.8 Å². The zero-order valence-electron chi connectivity index (χ0n) is 12.0. The second kappa shape index (κ2) is 8.98. The molecule has 102 valence electrons. The van der Waals surface area contributed by atoms with E-state index < -0.39 is 0 Å². The van der Waals surface area contributed by atoms with E-state index in [4.69, 9.17) is 4.74 Å². The highest BCUT2D eigenvalue weighted by Gasteiger charge is 2.13. The van der Waals surface area contributed by atoms with Crippen molar-refractivity contribution >= 4 is 0 Å². The Balaban J connectivity index is 2.49. The molecule has 2 nitrogen and oxygen atoms in total. The van der Waals surface area contributed by atoms with Gasteiger partial charge in [-0.1, -0.05) is 57.2 Å². The molecule has 0 aliphatic heterocycles. The molecule has 0 fully saturated rings. The maximum Gasteiger partial charge on any atom is 0.123 e. The molecule has 0 radical (unpaired) electrons. The van der Waals surface area contributed by atoms with Crippen LogP contribution in [0.2, 0.25) is 0 Å². The molecule has 0 saturated carbocycles. The van der Waals surface area contributed by atoms with Gasteiger partial charge in [0, 0.05) is 11.6 Å². The van der Waals surface area contributed by atoms with Crippen LogP contribution in [0.1, 0.15) is 57.1 Å². The first-order valence-electron chi connectivity index (χ1n) is 7.13. The number of hydrogen-bond acceptors (Lipinski definition) is 2. The van der Waals surface area contributed by atoms with Gasteiger partial charge in [-0.15, -0.1) is 0 Å². The quantitative estimate of drug-likeness (QED) is 0.658. The number of nitrogens with one attached hydrogen (secondary N) is 1. The van der Waals surface area contributed by atoms with Crippen molar-refractivity contribution in [1.29, 1.82) is 0 Å². The fraction of sp³-hybridized carbons (Fsp3) is 0.625. The third kappa shape index (κ3) is 4.69. The second-order valence-corrected chi connectivity index (χ2v) is 4.79. The van der Waals surface area contributed by atoms with E-state index in [0.717, 1.165) is 5.75 Å². The van der Waals surface area contributed by atoms with Crippen molar-refractivity contribution in [2.24, 2.45) is 0 Å². The van der Waals surface area contributed by atoms with Crippen molar-refractivity contribution in [3.8, 4) is 5.75 Å². The van der Waals surface area contributed by atoms with E-state index in [-0.39, 0.29) is 0 Å². The molecule has 1 N–H and O–H groups in total. The molecular formula is C16H27NO. The third-order valence-corrected chi connectivity index (χ3v) is 3.46. The number of unbranched alkanes of at least 4 members (excludes halogenated alkanes) is 4. The molecule has 0 heterocycles. The molecule has 0 aromatic heterocycles. The number of hydrogen-bond donors (Lipinski definition) is 1. The van der Waals surface area contributed by atoms with E-state index in [1.807, 2.05) is 19.2 Å². The Morgan fingerprint density at radius 2 is 1.83 bits per heavy atom. The predicted molar refractivity (Wildman–Crippen MR) is 78.2 cm³/mol. The van der Waals surface area contributed by atoms with Gasteiger partial charge in [-0.05, 0) is 19.5 Å². The molecule has 0 amide bonds. The summed E-state index contributed by atoms with van der Waals surface area (Å²) in [5.41, 5.74) is 1.28. The highest BCUT2D eigenvalue weighted by molar-refractivity contribution is 5.35. The normalized spacial score (nSPS) is 12.4. The van der Waals surface area contributed by atoms with E-state index in [1.165, 1.54) is 44.1 Å². The SMILES string of the molecule is CCCCCCCC(NC)c1ccccc1OC. The average Bonchev–Trinajstić information content (AvgIpc) is 2.43. The van der Waals surface area contributed by atoms with Gasteiger partial charge in [0.2, 0.25) is 0 Å². The molecule has 1 aromatic rings. The molecule has 18 heavy (non-hydrogen) atoms. The van der Waals surface area contributed by atoms with E-state index in [9.17, 15) is 0 Å². The Morgan fingerprint density at radius 1 is 1.11 bits per heavy atom. The topological polar surface area (TPSA) is 21.3 Å². The van der Waals surface area contributed by atoms with Gasteiger partial charge in [0.15, 0.2) is 0 Å². The number of rotatable bonds is 9. The maximum atomic E-state index is 5.43. The third-order valence-electron chi connectivity index (χ3n) is 3.46. The fourth-order valence-corrected chi connectivity index (χ4v) is 2.36. The van der Waals surface area contributed by atoms with Crippen LogP contribution in [0.4, 0.5) is 0 Å². The summed E-state index contributed by atoms with van der Waals surface area (Å²) in [7, 11) is 3.77. The molecule has 1 rings (SSSR count). The first kappa shape index (κ1) is 15.0. The van der Waals surface area contributed by atoms with Crippen LogP contribution in [0.3, 0.4) is 0 Å². The highest BCUT2D eigenvalue weighted by Crippen LogP contribution is 2.28. The minimum absolute atomic E-state index is 0.405. The van der Waals surface area contributed by atoms with Gasteiger partial charge in [-0.3, -0.25) is 0 Å². The molecule has 1 aromatic carbocycles. The monoisotopic (exact) mass is 249 g/mol. The zero-order chi connectivity index (χ0) is 13.2. The molecule has 1 atom stereocenters. The lowest BCUT2D eigenvalue weighted by molar-refractivity contribution is 0.396. The first-order chi connectivity index (χ1) is 8.83. The largest absolute Gasteiger partial charge is 0.496 e. The summed E-state index contributed by atoms with van der Waals surface area (Å²) < 4.78 is 5.43. The summed E-state index contributed by atoms with van der Waals surface area (Å²) in [6.07, 6.45) is 7.82. The summed E-state index contributed by atoms with van der Waals surface area (Å²) in [6, 6.07) is 8.71. The molecule has 0 aliphatic rings. The van der Waals surface area contributed by atoms with Crippen LogP contribution < -0.4 is 10.1 Å². The van der Waals surface area contributed by atoms with Crippen LogP contribution in [-0.4, -0.2) is 14.2 Å². The van der Waals surface area contributed by atoms with Crippen molar-refractivity contribution in [2.45, 2.75) is 51.5 Å². The van der Waals surface area contributed by atoms with Crippen molar-refractivity contribution in [2.75, 3.05) is 14.2 Å². The number of benzene rings is 1. The van der Waals surface area contributed by atoms with Gasteiger partial charge in [-0.25, -0.2) is 0 Å². The number of methoxy groups -OCH3 is 1. The van der Waals surface area contributed by atoms with Crippen LogP contribution >= 0.6 is 0 Å². The average molecular weight is 249 g/mol. The van der Waals surface area contributed by atoms with Gasteiger partial charge in [-0.2, -0.15) is 0 Å². The Labute approximate surface area is 112 Å². The van der Waals surface area contributed by atoms with Crippen molar-refractivity contribution in [1.82, 2.24) is 5.32 Å². The van der Waals surface area contributed by atoms with E-state index >= 15 is 0 Å². The smallest absolute Gasteiger partial charge is 0.123 e. The Hall–Kier alpha value is -1.02. The molecule has 0 spiro atoms. The second-order valence-electron chi connectivity index (χ2n) is 4.79. The first-order valence-corrected chi connectivity index (χ1v) is 7.13. The lowest BCUT2D eigenvalue weighted by Crippen LogP contribution is -2.17. The summed E-state index contributed by atoms with van der Waals surface area (Å²) in [6.45, 7) is 2.26. The van der Waals surface area contributed by atoms with Crippen molar-refractivity contribution < 1.29 is 4.74 Å². The number of para-hydroxylation sites is 1. The van der Waals surface area contributed by atoms with Gasteiger partial charge >= 0.3 is 0 Å². The van der Waals surface area contributed by atoms with Crippen LogP contribution in [0.5, 0.6) is 5.75 Å². The lowest BCUT2D eigenvalue weighted by atomic mass is 9.99. The van der Waals surface area contributed by atoms with Gasteiger partial charge in [0.25, 0.3) is 0 Å².